The molecule has 0 aliphatic rings. The third kappa shape index (κ3) is 6.02. The molecule has 0 atom stereocenters. The molecular formula is C12H18ClNO3S. The second kappa shape index (κ2) is 9.91. The van der Waals surface area contributed by atoms with Crippen LogP contribution in [0, 0.1) is 0 Å². The summed E-state index contributed by atoms with van der Waals surface area (Å²) < 4.78 is 4.73. The van der Waals surface area contributed by atoms with Crippen molar-refractivity contribution in [3.05, 3.63) is 21.9 Å². The van der Waals surface area contributed by atoms with Crippen LogP contribution < -0.4 is 5.32 Å². The number of hydrogen-bond donors (Lipinski definition) is 1. The summed E-state index contributed by atoms with van der Waals surface area (Å²) in [6.07, 6.45) is 1.72. The van der Waals surface area contributed by atoms with E-state index in [1.807, 2.05) is 11.4 Å². The number of hydrogen-bond acceptors (Lipinski definition) is 4. The summed E-state index contributed by atoms with van der Waals surface area (Å²) in [6, 6.07) is 1.81. The fraction of sp³-hybridized carbons (Fsp3) is 0.500. The topological polar surface area (TPSA) is 55.4 Å². The number of thiophene rings is 1. The van der Waals surface area contributed by atoms with Gasteiger partial charge in [0.1, 0.15) is 0 Å². The minimum absolute atomic E-state index is 0.0624. The summed E-state index contributed by atoms with van der Waals surface area (Å²) in [5.41, 5.74) is 0.746. The molecule has 1 aromatic rings. The standard InChI is InChI=1S/C11H15NO3S.CH3Cl/c1-3-15-11(14)12-6-4-10-9(8(2)13)5-7-16-10;1-2/h5,7H,3-4,6H2,1-2H3,(H,12,14);1H3. The average molecular weight is 292 g/mol. The van der Waals surface area contributed by atoms with E-state index in [-0.39, 0.29) is 5.78 Å². The van der Waals surface area contributed by atoms with Crippen LogP contribution in [0.2, 0.25) is 0 Å². The fourth-order valence-electron chi connectivity index (χ4n) is 1.31. The Balaban J connectivity index is 0.00000137. The highest BCUT2D eigenvalue weighted by Crippen LogP contribution is 2.17. The van der Waals surface area contributed by atoms with Gasteiger partial charge in [-0.3, -0.25) is 4.79 Å². The molecule has 0 aliphatic heterocycles. The van der Waals surface area contributed by atoms with Crippen molar-refractivity contribution in [3.63, 3.8) is 0 Å². The number of ether oxygens (including phenoxy) is 1. The van der Waals surface area contributed by atoms with E-state index in [0.717, 1.165) is 10.4 Å². The van der Waals surface area contributed by atoms with E-state index in [2.05, 4.69) is 16.9 Å². The molecule has 18 heavy (non-hydrogen) atoms. The van der Waals surface area contributed by atoms with Gasteiger partial charge in [-0.1, -0.05) is 0 Å². The lowest BCUT2D eigenvalue weighted by Crippen LogP contribution is -2.26. The van der Waals surface area contributed by atoms with E-state index < -0.39 is 6.09 Å². The minimum Gasteiger partial charge on any atom is -0.450 e. The molecule has 6 heteroatoms. The first kappa shape index (κ1) is 16.9. The summed E-state index contributed by atoms with van der Waals surface area (Å²) in [5.74, 6) is 0.0624. The molecule has 1 rings (SSSR count). The van der Waals surface area contributed by atoms with Crippen LogP contribution >= 0.6 is 22.9 Å². The van der Waals surface area contributed by atoms with Crippen LogP contribution in [0.1, 0.15) is 29.1 Å². The molecule has 0 aliphatic carbocycles. The Hall–Kier alpha value is -1.07. The molecule has 0 saturated heterocycles. The van der Waals surface area contributed by atoms with Crippen LogP contribution in [0.25, 0.3) is 0 Å². The number of Topliss-reactive ketones (excluding diaryl/α,β-unsaturated/α-hetero) is 1. The Morgan fingerprint density at radius 2 is 2.11 bits per heavy atom. The molecule has 0 unspecified atom stereocenters. The number of amides is 1. The van der Waals surface area contributed by atoms with Gasteiger partial charge in [0.25, 0.3) is 0 Å². The molecule has 1 heterocycles. The number of alkyl carbamates (subject to hydrolysis) is 1. The highest BCUT2D eigenvalue weighted by atomic mass is 35.5. The first-order chi connectivity index (χ1) is 8.65. The maximum atomic E-state index is 11.2. The van der Waals surface area contributed by atoms with Crippen LogP contribution in [-0.4, -0.2) is 31.4 Å². The van der Waals surface area contributed by atoms with Crippen molar-refractivity contribution in [2.24, 2.45) is 0 Å². The van der Waals surface area contributed by atoms with Gasteiger partial charge in [0.15, 0.2) is 5.78 Å². The zero-order valence-electron chi connectivity index (χ0n) is 10.8. The monoisotopic (exact) mass is 291 g/mol. The Labute approximate surface area is 116 Å². The predicted molar refractivity (Wildman–Crippen MR) is 74.8 cm³/mol. The Kier molecular flexibility index (Phi) is 9.32. The molecule has 1 amide bonds. The Morgan fingerprint density at radius 3 is 2.67 bits per heavy atom. The zero-order valence-corrected chi connectivity index (χ0v) is 12.4. The normalized spacial score (nSPS) is 9.11. The number of carbonyl (C=O) groups excluding carboxylic acids is 2. The number of carbonyl (C=O) groups is 2. The minimum atomic E-state index is -0.413. The Bertz CT molecular complexity index is 379. The van der Waals surface area contributed by atoms with Crippen LogP contribution in [0.4, 0.5) is 4.79 Å². The second-order valence-electron chi connectivity index (χ2n) is 3.21. The van der Waals surface area contributed by atoms with Crippen LogP contribution in [0.5, 0.6) is 0 Å². The van der Waals surface area contributed by atoms with E-state index in [4.69, 9.17) is 4.74 Å². The zero-order chi connectivity index (χ0) is 14.0. The molecule has 1 aromatic heterocycles. The van der Waals surface area contributed by atoms with Crippen molar-refractivity contribution >= 4 is 34.8 Å². The fourth-order valence-corrected chi connectivity index (χ4v) is 2.24. The van der Waals surface area contributed by atoms with Crippen LogP contribution in [0.15, 0.2) is 11.4 Å². The van der Waals surface area contributed by atoms with E-state index in [1.165, 1.54) is 17.7 Å². The van der Waals surface area contributed by atoms with Gasteiger partial charge >= 0.3 is 6.09 Å². The lowest BCUT2D eigenvalue weighted by molar-refractivity contribution is 0.101. The molecule has 102 valence electrons. The molecular weight excluding hydrogens is 274 g/mol. The van der Waals surface area contributed by atoms with Crippen molar-refractivity contribution in [2.75, 3.05) is 19.5 Å². The first-order valence-electron chi connectivity index (χ1n) is 5.51. The molecule has 1 N–H and O–H groups in total. The lowest BCUT2D eigenvalue weighted by atomic mass is 10.1. The third-order valence-corrected chi connectivity index (χ3v) is 3.00. The summed E-state index contributed by atoms with van der Waals surface area (Å²) in [7, 11) is 0. The van der Waals surface area contributed by atoms with E-state index in [9.17, 15) is 9.59 Å². The lowest BCUT2D eigenvalue weighted by Gasteiger charge is -2.04. The summed E-state index contributed by atoms with van der Waals surface area (Å²) in [6.45, 7) is 4.15. The van der Waals surface area contributed by atoms with E-state index in [1.54, 1.807) is 13.8 Å². The van der Waals surface area contributed by atoms with Gasteiger partial charge in [0.05, 0.1) is 6.61 Å². The Morgan fingerprint density at radius 1 is 1.44 bits per heavy atom. The molecule has 0 aromatic carbocycles. The van der Waals surface area contributed by atoms with Gasteiger partial charge in [0, 0.05) is 23.4 Å². The van der Waals surface area contributed by atoms with Crippen molar-refractivity contribution < 1.29 is 14.3 Å². The van der Waals surface area contributed by atoms with Crippen molar-refractivity contribution in [1.29, 1.82) is 0 Å². The quantitative estimate of drug-likeness (QED) is 0.670. The maximum Gasteiger partial charge on any atom is 0.407 e. The summed E-state index contributed by atoms with van der Waals surface area (Å²) in [5, 5.41) is 4.51. The van der Waals surface area contributed by atoms with E-state index in [0.29, 0.717) is 19.6 Å². The van der Waals surface area contributed by atoms with Crippen molar-refractivity contribution in [2.45, 2.75) is 20.3 Å². The summed E-state index contributed by atoms with van der Waals surface area (Å²) in [4.78, 5) is 23.2. The first-order valence-corrected chi connectivity index (χ1v) is 7.14. The van der Waals surface area contributed by atoms with Gasteiger partial charge in [-0.25, -0.2) is 4.79 Å². The molecule has 0 fully saturated rings. The average Bonchev–Trinajstić information content (AvgIpc) is 2.80. The van der Waals surface area contributed by atoms with Crippen molar-refractivity contribution in [3.8, 4) is 0 Å². The molecule has 0 bridgehead atoms. The smallest absolute Gasteiger partial charge is 0.407 e. The SMILES string of the molecule is CCOC(=O)NCCc1sccc1C(C)=O.CCl. The van der Waals surface area contributed by atoms with Gasteiger partial charge in [-0.15, -0.1) is 22.9 Å². The number of halogens is 1. The van der Waals surface area contributed by atoms with Gasteiger partial charge in [-0.05, 0) is 31.7 Å². The molecule has 0 spiro atoms. The number of nitrogens with one attached hydrogen (secondary N) is 1. The largest absolute Gasteiger partial charge is 0.450 e. The molecule has 4 nitrogen and oxygen atoms in total. The van der Waals surface area contributed by atoms with Gasteiger partial charge in [-0.2, -0.15) is 0 Å². The van der Waals surface area contributed by atoms with Gasteiger partial charge < -0.3 is 10.1 Å². The van der Waals surface area contributed by atoms with Gasteiger partial charge in [0.2, 0.25) is 0 Å². The highest BCUT2D eigenvalue weighted by molar-refractivity contribution is 7.10. The van der Waals surface area contributed by atoms with E-state index >= 15 is 0 Å². The number of alkyl halides is 1. The predicted octanol–water partition coefficient (Wildman–Crippen LogP) is 3.09. The van der Waals surface area contributed by atoms with Crippen molar-refractivity contribution in [1.82, 2.24) is 5.32 Å². The number of ketones is 1. The molecule has 0 radical (unpaired) electrons. The van der Waals surface area contributed by atoms with Crippen LogP contribution in [-0.2, 0) is 11.2 Å². The third-order valence-electron chi connectivity index (χ3n) is 2.02. The number of rotatable bonds is 5. The molecule has 0 saturated carbocycles. The van der Waals surface area contributed by atoms with Crippen LogP contribution in [0.3, 0.4) is 0 Å². The maximum absolute atomic E-state index is 11.2. The highest BCUT2D eigenvalue weighted by Gasteiger charge is 2.08. The summed E-state index contributed by atoms with van der Waals surface area (Å²) >= 11 is 6.17. The second-order valence-corrected chi connectivity index (χ2v) is 4.21.